The summed E-state index contributed by atoms with van der Waals surface area (Å²) in [6.45, 7) is 1.61. The molecule has 1 saturated carbocycles. The molecule has 0 aliphatic heterocycles. The lowest BCUT2D eigenvalue weighted by Crippen LogP contribution is -2.12. The first kappa shape index (κ1) is 18.0. The van der Waals surface area contributed by atoms with E-state index in [0.717, 1.165) is 29.8 Å². The minimum atomic E-state index is -0.699. The number of thiophene rings is 1. The van der Waals surface area contributed by atoms with E-state index in [1.54, 1.807) is 0 Å². The van der Waals surface area contributed by atoms with Gasteiger partial charge in [-0.05, 0) is 25.7 Å². The molecule has 1 fully saturated rings. The molecule has 0 spiro atoms. The van der Waals surface area contributed by atoms with Gasteiger partial charge in [-0.15, -0.1) is 11.3 Å². The number of rotatable bonds is 6. The summed E-state index contributed by atoms with van der Waals surface area (Å²) in [5, 5.41) is 0.109. The molecule has 7 nitrogen and oxygen atoms in total. The molecule has 2 N–H and O–H groups in total. The molecule has 0 bridgehead atoms. The highest BCUT2D eigenvalue weighted by atomic mass is 32.1. The van der Waals surface area contributed by atoms with Gasteiger partial charge in [0.15, 0.2) is 0 Å². The van der Waals surface area contributed by atoms with Crippen molar-refractivity contribution >= 4 is 34.2 Å². The fourth-order valence-electron chi connectivity index (χ4n) is 2.23. The SMILES string of the molecule is COC(=O)c1sc(N)c(C(=O)OC)c1COC(=O)C=C(C)C1CC1. The number of anilines is 1. The number of nitrogen functional groups attached to an aromatic ring is 1. The highest BCUT2D eigenvalue weighted by Gasteiger charge is 2.28. The summed E-state index contributed by atoms with van der Waals surface area (Å²) in [6, 6.07) is 0. The molecule has 1 aromatic rings. The van der Waals surface area contributed by atoms with Crippen molar-refractivity contribution in [1.29, 1.82) is 0 Å². The van der Waals surface area contributed by atoms with Gasteiger partial charge in [-0.1, -0.05) is 5.57 Å². The van der Waals surface area contributed by atoms with E-state index in [1.165, 1.54) is 20.3 Å². The van der Waals surface area contributed by atoms with Gasteiger partial charge in [-0.25, -0.2) is 14.4 Å². The first-order chi connectivity index (χ1) is 11.4. The van der Waals surface area contributed by atoms with Crippen molar-refractivity contribution in [3.63, 3.8) is 0 Å². The predicted molar refractivity (Wildman–Crippen MR) is 87.7 cm³/mol. The van der Waals surface area contributed by atoms with Gasteiger partial charge in [0.1, 0.15) is 22.0 Å². The van der Waals surface area contributed by atoms with Crippen LogP contribution in [0.4, 0.5) is 5.00 Å². The van der Waals surface area contributed by atoms with Gasteiger partial charge in [0.25, 0.3) is 0 Å². The molecule has 0 atom stereocenters. The van der Waals surface area contributed by atoms with E-state index in [2.05, 4.69) is 9.47 Å². The fraction of sp³-hybridized carbons (Fsp3) is 0.438. The molecule has 130 valence electrons. The minimum absolute atomic E-state index is 0.0265. The zero-order valence-corrected chi connectivity index (χ0v) is 14.5. The maximum atomic E-state index is 11.9. The normalized spacial score (nSPS) is 14.2. The lowest BCUT2D eigenvalue weighted by Gasteiger charge is -2.07. The van der Waals surface area contributed by atoms with Crippen LogP contribution < -0.4 is 5.73 Å². The number of ether oxygens (including phenoxy) is 3. The summed E-state index contributed by atoms with van der Waals surface area (Å²) in [5.41, 5.74) is 6.99. The molecule has 1 heterocycles. The summed E-state index contributed by atoms with van der Waals surface area (Å²) in [5.74, 6) is -1.44. The Morgan fingerprint density at radius 1 is 1.21 bits per heavy atom. The number of esters is 3. The van der Waals surface area contributed by atoms with Gasteiger partial charge >= 0.3 is 17.9 Å². The molecule has 8 heteroatoms. The standard InChI is InChI=1S/C16H19NO6S/c1-8(9-4-5-9)6-11(18)23-7-10-12(15(19)21-2)14(17)24-13(10)16(20)22-3/h6,9H,4-5,7,17H2,1-3H3. The molecule has 0 amide bonds. The number of nitrogens with two attached hydrogens (primary N) is 1. The Hall–Kier alpha value is -2.35. The Labute approximate surface area is 143 Å². The third-order valence-electron chi connectivity index (χ3n) is 3.72. The van der Waals surface area contributed by atoms with Crippen molar-refractivity contribution in [1.82, 2.24) is 0 Å². The van der Waals surface area contributed by atoms with Crippen LogP contribution in [-0.2, 0) is 25.6 Å². The minimum Gasteiger partial charge on any atom is -0.465 e. The van der Waals surface area contributed by atoms with Crippen LogP contribution in [0, 0.1) is 5.92 Å². The Morgan fingerprint density at radius 3 is 2.38 bits per heavy atom. The number of carbonyl (C=O) groups excluding carboxylic acids is 3. The molecule has 24 heavy (non-hydrogen) atoms. The monoisotopic (exact) mass is 353 g/mol. The predicted octanol–water partition coefficient (Wildman–Crippen LogP) is 2.30. The van der Waals surface area contributed by atoms with Crippen LogP contribution in [0.25, 0.3) is 0 Å². The second kappa shape index (κ2) is 7.48. The highest BCUT2D eigenvalue weighted by Crippen LogP contribution is 2.36. The molecule has 1 aromatic heterocycles. The summed E-state index contributed by atoms with van der Waals surface area (Å²) < 4.78 is 14.5. The third kappa shape index (κ3) is 3.94. The van der Waals surface area contributed by atoms with Gasteiger partial charge in [0.2, 0.25) is 0 Å². The second-order valence-corrected chi connectivity index (χ2v) is 6.45. The van der Waals surface area contributed by atoms with Crippen LogP contribution >= 0.6 is 11.3 Å². The Morgan fingerprint density at radius 2 is 1.83 bits per heavy atom. The van der Waals surface area contributed by atoms with Crippen LogP contribution in [0.15, 0.2) is 11.6 Å². The molecule has 1 aliphatic carbocycles. The van der Waals surface area contributed by atoms with Gasteiger partial charge in [-0.3, -0.25) is 0 Å². The average Bonchev–Trinajstić information content (AvgIpc) is 3.35. The average molecular weight is 353 g/mol. The van der Waals surface area contributed by atoms with Crippen LogP contribution in [0.3, 0.4) is 0 Å². The molecule has 0 unspecified atom stereocenters. The molecule has 0 saturated heterocycles. The fourth-order valence-corrected chi connectivity index (χ4v) is 3.21. The molecule has 1 aliphatic rings. The largest absolute Gasteiger partial charge is 0.465 e. The number of hydrogen-bond acceptors (Lipinski definition) is 8. The van der Waals surface area contributed by atoms with Crippen LogP contribution in [0.2, 0.25) is 0 Å². The van der Waals surface area contributed by atoms with E-state index in [-0.39, 0.29) is 27.6 Å². The van der Waals surface area contributed by atoms with Gasteiger partial charge in [0.05, 0.1) is 14.2 Å². The Kier molecular flexibility index (Phi) is 5.61. The number of carbonyl (C=O) groups is 3. The van der Waals surface area contributed by atoms with Crippen molar-refractivity contribution in [3.8, 4) is 0 Å². The zero-order chi connectivity index (χ0) is 17.9. The molecule has 0 radical (unpaired) electrons. The van der Waals surface area contributed by atoms with Crippen molar-refractivity contribution in [2.24, 2.45) is 5.92 Å². The lowest BCUT2D eigenvalue weighted by atomic mass is 10.1. The lowest BCUT2D eigenvalue weighted by molar-refractivity contribution is -0.139. The van der Waals surface area contributed by atoms with E-state index in [4.69, 9.17) is 10.5 Å². The highest BCUT2D eigenvalue weighted by molar-refractivity contribution is 7.18. The Balaban J connectivity index is 2.23. The first-order valence-electron chi connectivity index (χ1n) is 7.31. The second-order valence-electron chi connectivity index (χ2n) is 5.40. The maximum Gasteiger partial charge on any atom is 0.348 e. The molecular formula is C16H19NO6S. The van der Waals surface area contributed by atoms with E-state index >= 15 is 0 Å². The smallest absolute Gasteiger partial charge is 0.348 e. The quantitative estimate of drug-likeness (QED) is 0.475. The van der Waals surface area contributed by atoms with Crippen LogP contribution in [-0.4, -0.2) is 32.1 Å². The van der Waals surface area contributed by atoms with Crippen molar-refractivity contribution in [3.05, 3.63) is 27.7 Å². The van der Waals surface area contributed by atoms with Crippen LogP contribution in [0.1, 0.15) is 45.4 Å². The summed E-state index contributed by atoms with van der Waals surface area (Å²) in [4.78, 5) is 35.8. The summed E-state index contributed by atoms with van der Waals surface area (Å²) >= 11 is 0.894. The van der Waals surface area contributed by atoms with Gasteiger partial charge < -0.3 is 19.9 Å². The molecule has 0 aromatic carbocycles. The van der Waals surface area contributed by atoms with E-state index in [0.29, 0.717) is 5.92 Å². The maximum absolute atomic E-state index is 11.9. The van der Waals surface area contributed by atoms with E-state index in [9.17, 15) is 14.4 Å². The number of methoxy groups -OCH3 is 2. The van der Waals surface area contributed by atoms with Crippen LogP contribution in [0.5, 0.6) is 0 Å². The van der Waals surface area contributed by atoms with Crippen molar-refractivity contribution < 1.29 is 28.6 Å². The summed E-state index contributed by atoms with van der Waals surface area (Å²) in [7, 11) is 2.42. The third-order valence-corrected chi connectivity index (χ3v) is 4.76. The molecular weight excluding hydrogens is 334 g/mol. The van der Waals surface area contributed by atoms with Gasteiger partial charge in [-0.2, -0.15) is 0 Å². The summed E-state index contributed by atoms with van der Waals surface area (Å²) in [6.07, 6.45) is 3.59. The zero-order valence-electron chi connectivity index (χ0n) is 13.7. The topological polar surface area (TPSA) is 105 Å². The first-order valence-corrected chi connectivity index (χ1v) is 8.13. The molecule has 2 rings (SSSR count). The van der Waals surface area contributed by atoms with Crippen molar-refractivity contribution in [2.75, 3.05) is 20.0 Å². The van der Waals surface area contributed by atoms with E-state index < -0.39 is 17.9 Å². The van der Waals surface area contributed by atoms with Gasteiger partial charge in [0, 0.05) is 11.6 Å². The van der Waals surface area contributed by atoms with E-state index in [1.807, 2.05) is 6.92 Å². The Bertz CT molecular complexity index is 702. The number of hydrogen-bond donors (Lipinski definition) is 1. The van der Waals surface area contributed by atoms with Crippen molar-refractivity contribution in [2.45, 2.75) is 26.4 Å². The number of allylic oxidation sites excluding steroid dienone is 1.